The molecule has 4 rings (SSSR count). The molecule has 4 aromatic carbocycles. The largest absolute Gasteiger partial charge is 0.505 e. The van der Waals surface area contributed by atoms with Crippen molar-refractivity contribution in [2.45, 2.75) is 26.5 Å². The maximum atomic E-state index is 14.4. The van der Waals surface area contributed by atoms with E-state index >= 15 is 0 Å². The van der Waals surface area contributed by atoms with Crippen molar-refractivity contribution in [3.8, 4) is 5.75 Å². The second-order valence-electron chi connectivity index (χ2n) is 10.9. The topological polar surface area (TPSA) is 364 Å². The van der Waals surface area contributed by atoms with Crippen LogP contribution in [0, 0.1) is 12.7 Å². The molecule has 10 N–H and O–H groups in total. The third-order valence-electron chi connectivity index (χ3n) is 6.91. The molecule has 28 heteroatoms. The first-order valence-corrected chi connectivity index (χ1v) is 20.0. The second kappa shape index (κ2) is 15.3. The van der Waals surface area contributed by atoms with Crippen molar-refractivity contribution in [3.63, 3.8) is 0 Å². The Bertz CT molecular complexity index is 2940. The number of nitrogens with two attached hydrogens (primary N) is 2. The quantitative estimate of drug-likeness (QED) is 0.0226. The van der Waals surface area contributed by atoms with Gasteiger partial charge in [-0.2, -0.15) is 42.5 Å². The first-order valence-electron chi connectivity index (χ1n) is 14.2. The highest BCUT2D eigenvalue weighted by molar-refractivity contribution is 7.86. The van der Waals surface area contributed by atoms with Crippen LogP contribution in [0.3, 0.4) is 0 Å². The lowest BCUT2D eigenvalue weighted by Crippen LogP contribution is -2.12. The summed E-state index contributed by atoms with van der Waals surface area (Å²) in [6.45, 7) is 3.90. The number of hydrogen-bond donors (Lipinski definition) is 8. The van der Waals surface area contributed by atoms with E-state index in [1.54, 1.807) is 5.32 Å². The Labute approximate surface area is 313 Å². The lowest BCUT2D eigenvalue weighted by molar-refractivity contribution is 0.472. The van der Waals surface area contributed by atoms with Crippen molar-refractivity contribution in [1.29, 1.82) is 0 Å². The van der Waals surface area contributed by atoms with Gasteiger partial charge < -0.3 is 21.9 Å². The fraction of sp³-hybridized carbons (Fsp3) is 0.0357. The van der Waals surface area contributed by atoms with Gasteiger partial charge in [0, 0.05) is 12.1 Å². The van der Waals surface area contributed by atoms with Crippen LogP contribution in [0.5, 0.6) is 5.75 Å². The number of rotatable bonds is 12. The highest BCUT2D eigenvalue weighted by Gasteiger charge is 2.29. The third kappa shape index (κ3) is 9.67. The minimum atomic E-state index is -5.49. The molecule has 0 atom stereocenters. The Hall–Kier alpha value is -5.88. The van der Waals surface area contributed by atoms with E-state index in [4.69, 9.17) is 11.5 Å². The zero-order chi connectivity index (χ0) is 42.3. The molecule has 0 heterocycles. The van der Waals surface area contributed by atoms with Crippen molar-refractivity contribution in [2.75, 3.05) is 5.73 Å². The van der Waals surface area contributed by atoms with Crippen LogP contribution in [-0.2, 0) is 40.5 Å². The van der Waals surface area contributed by atoms with Crippen molar-refractivity contribution >= 4 is 91.2 Å². The number of halogens is 3. The van der Waals surface area contributed by atoms with E-state index in [1.807, 2.05) is 0 Å². The second-order valence-corrected chi connectivity index (χ2v) is 16.4. The number of azo groups is 2. The number of hydrogen-bond acceptors (Lipinski definition) is 16. The van der Waals surface area contributed by atoms with Gasteiger partial charge >= 0.3 is 0 Å². The molecular weight excluding hydrogens is 842 g/mol. The molecule has 0 amide bonds. The first-order chi connectivity index (χ1) is 25.6. The summed E-state index contributed by atoms with van der Waals surface area (Å²) in [4.78, 5) is -0.923. The summed E-state index contributed by atoms with van der Waals surface area (Å²) in [5.41, 5.74) is 5.96. The molecule has 0 aliphatic rings. The molecule has 0 aliphatic carbocycles. The summed E-state index contributed by atoms with van der Waals surface area (Å²) in [7, 11) is -21.2. The van der Waals surface area contributed by atoms with Gasteiger partial charge in [0.15, 0.2) is 17.7 Å². The van der Waals surface area contributed by atoms with E-state index in [2.05, 4.69) is 32.0 Å². The predicted molar refractivity (Wildman–Crippen MR) is 189 cm³/mol. The van der Waals surface area contributed by atoms with Crippen LogP contribution in [0.25, 0.3) is 10.8 Å². The average molecular weight is 865 g/mol. The van der Waals surface area contributed by atoms with Crippen LogP contribution in [0.2, 0.25) is 0 Å². The Balaban J connectivity index is 2.04. The van der Waals surface area contributed by atoms with Crippen LogP contribution in [0.1, 0.15) is 5.56 Å². The minimum Gasteiger partial charge on any atom is -0.505 e. The number of nitrogen functional groups attached to an aromatic ring is 1. The van der Waals surface area contributed by atoms with Crippen molar-refractivity contribution < 1.29 is 70.2 Å². The van der Waals surface area contributed by atoms with E-state index in [0.29, 0.717) is 36.4 Å². The van der Waals surface area contributed by atoms with Gasteiger partial charge in [-0.25, -0.2) is 9.38 Å². The van der Waals surface area contributed by atoms with Crippen molar-refractivity contribution in [1.82, 2.24) is 5.32 Å². The highest BCUT2D eigenvalue weighted by Crippen LogP contribution is 2.48. The molecule has 0 saturated heterocycles. The lowest BCUT2D eigenvalue weighted by Gasteiger charge is -2.14. The number of phenols is 1. The number of aromatic hydroxyl groups is 1. The third-order valence-corrected chi connectivity index (χ3v) is 10.4. The Morgan fingerprint density at radius 3 is 1.77 bits per heavy atom. The Morgan fingerprint density at radius 2 is 1.25 bits per heavy atom. The standard InChI is InChI=1S/C28H23F3N8O13S4/c1-11-5-19(54(44,45)46)17(9-15(11)30)37-38-26-20(55(47,48)49)6-13-7-21(56(50,51)52)27(28(40)24(13)25(26)33)39-36-16-8-14(3-4-18(16)53(41,42)43)35-23(32)10-22(31)34-12(2)29/h3-10,34,40H,2,33H2,1H3,(H2,32,35)(H,41,42,43)(H,44,45,46)(H,47,48,49)(H,50,51,52). The molecule has 0 saturated carbocycles. The molecule has 0 unspecified atom stereocenters. The van der Waals surface area contributed by atoms with Gasteiger partial charge in [0.25, 0.3) is 40.5 Å². The van der Waals surface area contributed by atoms with E-state index in [9.17, 15) is 70.2 Å². The van der Waals surface area contributed by atoms with Crippen molar-refractivity contribution in [3.05, 3.63) is 78.4 Å². The minimum absolute atomic E-state index is 0.281. The van der Waals surface area contributed by atoms with Gasteiger partial charge in [-0.1, -0.05) is 0 Å². The molecule has 56 heavy (non-hydrogen) atoms. The number of nitrogens with one attached hydrogen (secondary N) is 1. The van der Waals surface area contributed by atoms with E-state index in [-0.39, 0.29) is 11.3 Å². The number of fused-ring (bicyclic) bond motifs is 1. The number of phenolic OH excluding ortho intramolecular Hbond substituents is 1. The summed E-state index contributed by atoms with van der Waals surface area (Å²) in [5, 5.41) is 25.3. The molecule has 0 radical (unpaired) electrons. The zero-order valence-electron chi connectivity index (χ0n) is 27.5. The number of amidine groups is 1. The first kappa shape index (κ1) is 42.9. The monoisotopic (exact) mass is 864 g/mol. The number of anilines is 1. The van der Waals surface area contributed by atoms with Gasteiger partial charge in [-0.3, -0.25) is 18.2 Å². The lowest BCUT2D eigenvalue weighted by atomic mass is 10.1. The Kier molecular flexibility index (Phi) is 11.7. The molecular formula is C28H23F3N8O13S4. The molecule has 4 aromatic rings. The average Bonchev–Trinajstić information content (AvgIpc) is 3.02. The van der Waals surface area contributed by atoms with Gasteiger partial charge in [0.05, 0.1) is 16.8 Å². The van der Waals surface area contributed by atoms with Gasteiger partial charge in [-0.15, -0.1) is 20.5 Å². The summed E-state index contributed by atoms with van der Waals surface area (Å²) in [5.74, 6) is -5.75. The summed E-state index contributed by atoms with van der Waals surface area (Å²) in [6, 6.07) is 4.38. The van der Waals surface area contributed by atoms with E-state index in [1.165, 1.54) is 0 Å². The number of aliphatic imine (C=N–C) groups is 1. The van der Waals surface area contributed by atoms with E-state index < -0.39 is 129 Å². The van der Waals surface area contributed by atoms with E-state index in [0.717, 1.165) is 19.1 Å². The molecule has 0 fully saturated rings. The number of benzene rings is 4. The van der Waals surface area contributed by atoms with Crippen LogP contribution < -0.4 is 16.8 Å². The highest BCUT2D eigenvalue weighted by atomic mass is 32.2. The molecule has 0 bridgehead atoms. The number of aryl methyl sites for hydroxylation is 1. The molecule has 298 valence electrons. The molecule has 0 aliphatic heterocycles. The smallest absolute Gasteiger partial charge is 0.296 e. The predicted octanol–water partition coefficient (Wildman–Crippen LogP) is 5.22. The van der Waals surface area contributed by atoms with Gasteiger partial charge in [-0.05, 0) is 60.9 Å². The van der Waals surface area contributed by atoms with Crippen LogP contribution in [0.15, 0.2) is 112 Å². The van der Waals surface area contributed by atoms with Crippen LogP contribution in [0.4, 0.5) is 47.3 Å². The fourth-order valence-corrected chi connectivity index (χ4v) is 7.21. The van der Waals surface area contributed by atoms with Gasteiger partial charge in [0.2, 0.25) is 0 Å². The maximum absolute atomic E-state index is 14.4. The van der Waals surface area contributed by atoms with Crippen molar-refractivity contribution in [2.24, 2.45) is 31.2 Å². The van der Waals surface area contributed by atoms with Crippen LogP contribution >= 0.6 is 0 Å². The normalized spacial score (nSPS) is 13.6. The zero-order valence-corrected chi connectivity index (χ0v) is 30.8. The Morgan fingerprint density at radius 1 is 0.750 bits per heavy atom. The fourth-order valence-electron chi connectivity index (χ4n) is 4.59. The molecule has 21 nitrogen and oxygen atoms in total. The number of nitrogens with zero attached hydrogens (tertiary/aromatic N) is 5. The molecule has 0 aromatic heterocycles. The molecule has 0 spiro atoms. The SMILES string of the molecule is C=C(F)NC(F)=CC(N)=Nc1ccc(S(=O)(=O)O)c(N=Nc2c(S(=O)(=O)O)cc3cc(S(=O)(=O)O)c(N=Nc4cc(F)c(C)cc4S(=O)(=O)O)c(N)c3c2O)c1. The van der Waals surface area contributed by atoms with Gasteiger partial charge in [0.1, 0.15) is 54.0 Å². The van der Waals surface area contributed by atoms with Crippen LogP contribution in [-0.4, -0.2) is 62.8 Å². The summed E-state index contributed by atoms with van der Waals surface area (Å²) >= 11 is 0. The summed E-state index contributed by atoms with van der Waals surface area (Å²) in [6.07, 6.45) is 0.479. The summed E-state index contributed by atoms with van der Waals surface area (Å²) < 4.78 is 178. The maximum Gasteiger partial charge on any atom is 0.296 e.